The normalized spacial score (nSPS) is 13.8. The molecule has 1 rings (SSSR count). The van der Waals surface area contributed by atoms with Gasteiger partial charge in [0.05, 0.1) is 25.7 Å². The number of nitrogens with two attached hydrogens (primary N) is 1. The van der Waals surface area contributed by atoms with Gasteiger partial charge >= 0.3 is 5.97 Å². The first kappa shape index (κ1) is 14.8. The molecule has 0 aliphatic rings. The highest BCUT2D eigenvalue weighted by atomic mass is 35.5. The van der Waals surface area contributed by atoms with Crippen LogP contribution in [0.15, 0.2) is 18.2 Å². The molecule has 2 N–H and O–H groups in total. The Morgan fingerprint density at radius 3 is 2.56 bits per heavy atom. The number of halogens is 1. The predicted molar refractivity (Wildman–Crippen MR) is 71.0 cm³/mol. The predicted octanol–water partition coefficient (Wildman–Crippen LogP) is 2.34. The summed E-state index contributed by atoms with van der Waals surface area (Å²) in [6.45, 7) is 1.85. The van der Waals surface area contributed by atoms with Crippen LogP contribution in [0, 0.1) is 0 Å². The van der Waals surface area contributed by atoms with Gasteiger partial charge in [0, 0.05) is 12.0 Å². The van der Waals surface area contributed by atoms with E-state index in [2.05, 4.69) is 4.74 Å². The van der Waals surface area contributed by atoms with Crippen LogP contribution in [-0.2, 0) is 9.53 Å². The van der Waals surface area contributed by atoms with Gasteiger partial charge in [-0.15, -0.1) is 0 Å². The average molecular weight is 272 g/mol. The Kier molecular flexibility index (Phi) is 5.44. The van der Waals surface area contributed by atoms with Crippen molar-refractivity contribution < 1.29 is 14.3 Å². The third kappa shape index (κ3) is 3.62. The maximum atomic E-state index is 11.4. The Hall–Kier alpha value is -1.26. The number of esters is 1. The molecule has 0 spiro atoms. The Morgan fingerprint density at radius 1 is 1.44 bits per heavy atom. The van der Waals surface area contributed by atoms with E-state index in [1.807, 2.05) is 13.0 Å². The molecule has 4 nitrogen and oxygen atoms in total. The fraction of sp³-hybridized carbons (Fsp3) is 0.462. The number of carbonyl (C=O) groups excluding carboxylic acids is 1. The van der Waals surface area contributed by atoms with E-state index in [4.69, 9.17) is 22.1 Å². The quantitative estimate of drug-likeness (QED) is 0.835. The lowest BCUT2D eigenvalue weighted by molar-refractivity contribution is -0.141. The summed E-state index contributed by atoms with van der Waals surface area (Å²) in [7, 11) is 2.92. The molecule has 1 aromatic rings. The highest BCUT2D eigenvalue weighted by Crippen LogP contribution is 2.31. The highest BCUT2D eigenvalue weighted by Gasteiger charge is 2.21. The van der Waals surface area contributed by atoms with Crippen LogP contribution in [0.5, 0.6) is 5.75 Å². The summed E-state index contributed by atoms with van der Waals surface area (Å²) in [4.78, 5) is 11.4. The first-order valence-corrected chi connectivity index (χ1v) is 6.03. The molecule has 0 saturated carbocycles. The van der Waals surface area contributed by atoms with Crippen molar-refractivity contribution in [1.82, 2.24) is 0 Å². The Labute approximate surface area is 112 Å². The molecule has 2 atom stereocenters. The number of methoxy groups -OCH3 is 2. The molecule has 0 aromatic heterocycles. The summed E-state index contributed by atoms with van der Waals surface area (Å²) in [6.07, 6.45) is 0.233. The van der Waals surface area contributed by atoms with Gasteiger partial charge in [0.15, 0.2) is 0 Å². The van der Waals surface area contributed by atoms with E-state index in [1.165, 1.54) is 7.11 Å². The number of rotatable bonds is 5. The molecule has 0 saturated heterocycles. The highest BCUT2D eigenvalue weighted by molar-refractivity contribution is 6.32. The molecule has 0 aliphatic heterocycles. The van der Waals surface area contributed by atoms with Crippen molar-refractivity contribution in [2.75, 3.05) is 14.2 Å². The SMILES string of the molecule is COC(=O)CC(c1ccc(OC)c(Cl)c1)C(C)N. The minimum atomic E-state index is -0.288. The smallest absolute Gasteiger partial charge is 0.306 e. The number of benzene rings is 1. The fourth-order valence-electron chi connectivity index (χ4n) is 1.78. The van der Waals surface area contributed by atoms with Gasteiger partial charge in [0.1, 0.15) is 5.75 Å². The molecule has 5 heteroatoms. The van der Waals surface area contributed by atoms with Gasteiger partial charge in [-0.25, -0.2) is 0 Å². The zero-order valence-electron chi connectivity index (χ0n) is 10.8. The van der Waals surface area contributed by atoms with Gasteiger partial charge in [-0.2, -0.15) is 0 Å². The molecule has 0 radical (unpaired) electrons. The van der Waals surface area contributed by atoms with Crippen molar-refractivity contribution in [3.8, 4) is 5.75 Å². The number of hydrogen-bond acceptors (Lipinski definition) is 4. The van der Waals surface area contributed by atoms with Crippen LogP contribution in [0.1, 0.15) is 24.8 Å². The molecular formula is C13H18ClNO3. The second kappa shape index (κ2) is 6.61. The minimum Gasteiger partial charge on any atom is -0.495 e. The number of hydrogen-bond donors (Lipinski definition) is 1. The number of carbonyl (C=O) groups is 1. The van der Waals surface area contributed by atoms with Crippen LogP contribution in [0.4, 0.5) is 0 Å². The molecule has 18 heavy (non-hydrogen) atoms. The summed E-state index contributed by atoms with van der Waals surface area (Å²) in [5.74, 6) is 0.187. The van der Waals surface area contributed by atoms with Crippen molar-refractivity contribution >= 4 is 17.6 Å². The lowest BCUT2D eigenvalue weighted by Gasteiger charge is -2.20. The summed E-state index contributed by atoms with van der Waals surface area (Å²) in [5.41, 5.74) is 6.81. The maximum absolute atomic E-state index is 11.4. The zero-order valence-corrected chi connectivity index (χ0v) is 11.5. The van der Waals surface area contributed by atoms with Gasteiger partial charge in [0.2, 0.25) is 0 Å². The lowest BCUT2D eigenvalue weighted by Crippen LogP contribution is -2.27. The summed E-state index contributed by atoms with van der Waals surface area (Å²) in [6, 6.07) is 5.23. The second-order valence-electron chi connectivity index (χ2n) is 4.14. The minimum absolute atomic E-state index is 0.124. The van der Waals surface area contributed by atoms with Gasteiger partial charge < -0.3 is 15.2 Å². The molecule has 2 unspecified atom stereocenters. The van der Waals surface area contributed by atoms with Gasteiger partial charge in [-0.1, -0.05) is 17.7 Å². The van der Waals surface area contributed by atoms with Gasteiger partial charge in [-0.3, -0.25) is 4.79 Å². The summed E-state index contributed by atoms with van der Waals surface area (Å²) >= 11 is 6.07. The third-order valence-corrected chi connectivity index (χ3v) is 3.15. The average Bonchev–Trinajstić information content (AvgIpc) is 2.35. The topological polar surface area (TPSA) is 61.5 Å². The van der Waals surface area contributed by atoms with E-state index < -0.39 is 0 Å². The van der Waals surface area contributed by atoms with Crippen molar-refractivity contribution in [2.24, 2.45) is 5.73 Å². The van der Waals surface area contributed by atoms with Crippen LogP contribution >= 0.6 is 11.6 Å². The Bertz CT molecular complexity index is 421. The first-order chi connectivity index (χ1) is 8.49. The van der Waals surface area contributed by atoms with Crippen molar-refractivity contribution in [3.63, 3.8) is 0 Å². The fourth-order valence-corrected chi connectivity index (χ4v) is 2.05. The van der Waals surface area contributed by atoms with E-state index in [0.29, 0.717) is 10.8 Å². The van der Waals surface area contributed by atoms with Crippen molar-refractivity contribution in [1.29, 1.82) is 0 Å². The van der Waals surface area contributed by atoms with E-state index in [9.17, 15) is 4.79 Å². The third-order valence-electron chi connectivity index (χ3n) is 2.85. The molecule has 100 valence electrons. The van der Waals surface area contributed by atoms with E-state index in [1.54, 1.807) is 19.2 Å². The zero-order chi connectivity index (χ0) is 13.7. The monoisotopic (exact) mass is 271 g/mol. The molecule has 1 aromatic carbocycles. The van der Waals surface area contributed by atoms with Gasteiger partial charge in [0.25, 0.3) is 0 Å². The Morgan fingerprint density at radius 2 is 2.11 bits per heavy atom. The standard InChI is InChI=1S/C13H18ClNO3/c1-8(15)10(7-13(16)18-3)9-4-5-12(17-2)11(14)6-9/h4-6,8,10H,7,15H2,1-3H3. The Balaban J connectivity index is 2.99. The van der Waals surface area contributed by atoms with E-state index in [0.717, 1.165) is 5.56 Å². The van der Waals surface area contributed by atoms with E-state index in [-0.39, 0.29) is 24.3 Å². The molecular weight excluding hydrogens is 254 g/mol. The van der Waals surface area contributed by atoms with Crippen LogP contribution in [0.3, 0.4) is 0 Å². The molecule has 0 heterocycles. The van der Waals surface area contributed by atoms with Crippen LogP contribution in [0.2, 0.25) is 5.02 Å². The summed E-state index contributed by atoms with van der Waals surface area (Å²) < 4.78 is 9.76. The largest absolute Gasteiger partial charge is 0.495 e. The molecule has 0 fully saturated rings. The van der Waals surface area contributed by atoms with Crippen LogP contribution < -0.4 is 10.5 Å². The first-order valence-electron chi connectivity index (χ1n) is 5.65. The van der Waals surface area contributed by atoms with Crippen LogP contribution in [-0.4, -0.2) is 26.2 Å². The van der Waals surface area contributed by atoms with Crippen molar-refractivity contribution in [3.05, 3.63) is 28.8 Å². The van der Waals surface area contributed by atoms with Gasteiger partial charge in [-0.05, 0) is 24.6 Å². The lowest BCUT2D eigenvalue weighted by atomic mass is 9.90. The van der Waals surface area contributed by atoms with Crippen molar-refractivity contribution in [2.45, 2.75) is 25.3 Å². The number of ether oxygens (including phenoxy) is 2. The van der Waals surface area contributed by atoms with E-state index >= 15 is 0 Å². The second-order valence-corrected chi connectivity index (χ2v) is 4.55. The summed E-state index contributed by atoms with van der Waals surface area (Å²) in [5, 5.41) is 0.505. The van der Waals surface area contributed by atoms with Crippen LogP contribution in [0.25, 0.3) is 0 Å². The maximum Gasteiger partial charge on any atom is 0.306 e. The molecule has 0 aliphatic carbocycles. The molecule has 0 bridgehead atoms. The molecule has 0 amide bonds.